The third-order valence-electron chi connectivity index (χ3n) is 3.66. The van der Waals surface area contributed by atoms with Gasteiger partial charge in [0.2, 0.25) is 0 Å². The van der Waals surface area contributed by atoms with Gasteiger partial charge in [-0.3, -0.25) is 4.72 Å². The molecule has 2 N–H and O–H groups in total. The first-order chi connectivity index (χ1) is 12.5. The molecule has 0 saturated heterocycles. The normalized spacial score (nSPS) is 11.0. The van der Waals surface area contributed by atoms with Crippen LogP contribution in [0.1, 0.15) is 5.56 Å². The molecule has 3 rings (SSSR count). The van der Waals surface area contributed by atoms with Gasteiger partial charge >= 0.3 is 0 Å². The van der Waals surface area contributed by atoms with Crippen LogP contribution < -0.4 is 14.8 Å². The Morgan fingerprint density at radius 3 is 2.46 bits per heavy atom. The van der Waals surface area contributed by atoms with E-state index in [1.54, 1.807) is 37.4 Å². The summed E-state index contributed by atoms with van der Waals surface area (Å²) in [5.41, 5.74) is 2.09. The summed E-state index contributed by atoms with van der Waals surface area (Å²) in [5.74, 6) is 1.33. The Balaban J connectivity index is 1.73. The smallest absolute Gasteiger partial charge is 0.261 e. The number of nitrogens with zero attached hydrogens (tertiary/aromatic N) is 1. The first-order valence-corrected chi connectivity index (χ1v) is 9.41. The average Bonchev–Trinajstić information content (AvgIpc) is 2.63. The Kier molecular flexibility index (Phi) is 5.09. The predicted molar refractivity (Wildman–Crippen MR) is 103 cm³/mol. The molecule has 0 fully saturated rings. The van der Waals surface area contributed by atoms with Crippen LogP contribution in [0.15, 0.2) is 71.8 Å². The molecule has 26 heavy (non-hydrogen) atoms. The van der Waals surface area contributed by atoms with Crippen molar-refractivity contribution >= 4 is 27.2 Å². The fourth-order valence-electron chi connectivity index (χ4n) is 2.37. The van der Waals surface area contributed by atoms with Gasteiger partial charge in [-0.1, -0.05) is 18.2 Å². The molecule has 0 atom stereocenters. The Bertz CT molecular complexity index is 1000. The lowest BCUT2D eigenvalue weighted by molar-refractivity contribution is 0.415. The van der Waals surface area contributed by atoms with E-state index in [1.165, 1.54) is 6.20 Å². The number of aryl methyl sites for hydroxylation is 1. The van der Waals surface area contributed by atoms with Crippen LogP contribution in [-0.4, -0.2) is 20.5 Å². The fraction of sp³-hybridized carbons (Fsp3) is 0.105. The lowest BCUT2D eigenvalue weighted by Crippen LogP contribution is -2.13. The fourth-order valence-corrected chi connectivity index (χ4v) is 3.52. The highest BCUT2D eigenvalue weighted by molar-refractivity contribution is 7.92. The number of hydrogen-bond donors (Lipinski definition) is 2. The second-order valence-corrected chi connectivity index (χ2v) is 7.39. The van der Waals surface area contributed by atoms with Crippen molar-refractivity contribution in [1.29, 1.82) is 0 Å². The minimum atomic E-state index is -3.64. The number of sulfonamides is 1. The highest BCUT2D eigenvalue weighted by Gasteiger charge is 2.14. The molecule has 0 unspecified atom stereocenters. The number of rotatable bonds is 6. The van der Waals surface area contributed by atoms with Gasteiger partial charge in [-0.25, -0.2) is 13.4 Å². The molecule has 134 valence electrons. The lowest BCUT2D eigenvalue weighted by Gasteiger charge is -2.10. The Hall–Kier alpha value is -3.06. The molecule has 3 aromatic rings. The standard InChI is InChI=1S/C19H19N3O3S/c1-14-5-3-8-18(11-14)26(23,24)22-16-9-10-19(20-13-16)21-15-6-4-7-17(12-15)25-2/h3-13,22H,1-2H3,(H,20,21). The maximum atomic E-state index is 12.4. The van der Waals surface area contributed by atoms with Gasteiger partial charge in [-0.2, -0.15) is 0 Å². The average molecular weight is 369 g/mol. The van der Waals surface area contributed by atoms with Gasteiger partial charge in [0, 0.05) is 11.8 Å². The van der Waals surface area contributed by atoms with Crippen molar-refractivity contribution < 1.29 is 13.2 Å². The molecule has 0 amide bonds. The van der Waals surface area contributed by atoms with E-state index in [4.69, 9.17) is 4.74 Å². The molecule has 1 heterocycles. The van der Waals surface area contributed by atoms with Gasteiger partial charge in [-0.15, -0.1) is 0 Å². The maximum Gasteiger partial charge on any atom is 0.261 e. The molecule has 2 aromatic carbocycles. The number of nitrogens with one attached hydrogen (secondary N) is 2. The topological polar surface area (TPSA) is 80.3 Å². The van der Waals surface area contributed by atoms with E-state index in [1.807, 2.05) is 37.3 Å². The predicted octanol–water partition coefficient (Wildman–Crippen LogP) is 3.94. The number of anilines is 3. The highest BCUT2D eigenvalue weighted by Crippen LogP contribution is 2.22. The number of hydrogen-bond acceptors (Lipinski definition) is 5. The largest absolute Gasteiger partial charge is 0.497 e. The van der Waals surface area contributed by atoms with Crippen LogP contribution in [-0.2, 0) is 10.0 Å². The number of ether oxygens (including phenoxy) is 1. The molecular weight excluding hydrogens is 350 g/mol. The van der Waals surface area contributed by atoms with E-state index >= 15 is 0 Å². The zero-order valence-corrected chi connectivity index (χ0v) is 15.2. The molecule has 0 spiro atoms. The van der Waals surface area contributed by atoms with Crippen molar-refractivity contribution in [1.82, 2.24) is 4.98 Å². The number of benzene rings is 2. The van der Waals surface area contributed by atoms with Crippen molar-refractivity contribution in [2.24, 2.45) is 0 Å². The van der Waals surface area contributed by atoms with E-state index in [-0.39, 0.29) is 4.90 Å². The SMILES string of the molecule is COc1cccc(Nc2ccc(NS(=O)(=O)c3cccc(C)c3)cn2)c1. The van der Waals surface area contributed by atoms with Crippen molar-refractivity contribution in [2.45, 2.75) is 11.8 Å². The van der Waals surface area contributed by atoms with E-state index in [2.05, 4.69) is 15.0 Å². The van der Waals surface area contributed by atoms with Gasteiger partial charge in [0.25, 0.3) is 10.0 Å². The zero-order chi connectivity index (χ0) is 18.6. The first-order valence-electron chi connectivity index (χ1n) is 7.93. The Labute approximate surface area is 152 Å². The van der Waals surface area contributed by atoms with Crippen LogP contribution in [0.25, 0.3) is 0 Å². The van der Waals surface area contributed by atoms with Gasteiger partial charge in [0.05, 0.1) is 23.9 Å². The van der Waals surface area contributed by atoms with Crippen LogP contribution >= 0.6 is 0 Å². The van der Waals surface area contributed by atoms with Crippen LogP contribution in [0.5, 0.6) is 5.75 Å². The molecule has 0 bridgehead atoms. The number of methoxy groups -OCH3 is 1. The maximum absolute atomic E-state index is 12.4. The molecule has 0 saturated carbocycles. The molecular formula is C19H19N3O3S. The second-order valence-electron chi connectivity index (χ2n) is 5.71. The summed E-state index contributed by atoms with van der Waals surface area (Å²) < 4.78 is 32.6. The molecule has 0 aliphatic rings. The van der Waals surface area contributed by atoms with Crippen molar-refractivity contribution in [3.63, 3.8) is 0 Å². The van der Waals surface area contributed by atoms with Gasteiger partial charge < -0.3 is 10.1 Å². The van der Waals surface area contributed by atoms with Crippen LogP contribution in [0.4, 0.5) is 17.2 Å². The third-order valence-corrected chi connectivity index (χ3v) is 5.04. The zero-order valence-electron chi connectivity index (χ0n) is 14.4. The summed E-state index contributed by atoms with van der Waals surface area (Å²) in [7, 11) is -2.04. The lowest BCUT2D eigenvalue weighted by atomic mass is 10.2. The second kappa shape index (κ2) is 7.45. The van der Waals surface area contributed by atoms with E-state index < -0.39 is 10.0 Å². The van der Waals surface area contributed by atoms with Crippen LogP contribution in [0.3, 0.4) is 0 Å². The van der Waals surface area contributed by atoms with Gasteiger partial charge in [0.1, 0.15) is 11.6 Å². The monoisotopic (exact) mass is 369 g/mol. The van der Waals surface area contributed by atoms with E-state index in [0.29, 0.717) is 11.5 Å². The minimum absolute atomic E-state index is 0.219. The summed E-state index contributed by atoms with van der Waals surface area (Å²) >= 11 is 0. The minimum Gasteiger partial charge on any atom is -0.497 e. The van der Waals surface area contributed by atoms with Crippen LogP contribution in [0, 0.1) is 6.92 Å². The van der Waals surface area contributed by atoms with Crippen molar-refractivity contribution in [3.05, 3.63) is 72.4 Å². The molecule has 0 aliphatic carbocycles. The van der Waals surface area contributed by atoms with Gasteiger partial charge in [-0.05, 0) is 48.9 Å². The molecule has 6 nitrogen and oxygen atoms in total. The van der Waals surface area contributed by atoms with Crippen molar-refractivity contribution in [2.75, 3.05) is 17.1 Å². The molecule has 1 aromatic heterocycles. The summed E-state index contributed by atoms with van der Waals surface area (Å²) in [6.07, 6.45) is 1.47. The first kappa shape index (κ1) is 17.8. The summed E-state index contributed by atoms with van der Waals surface area (Å²) in [5, 5.41) is 3.14. The highest BCUT2D eigenvalue weighted by atomic mass is 32.2. The van der Waals surface area contributed by atoms with E-state index in [0.717, 1.165) is 17.0 Å². The molecule has 0 radical (unpaired) electrons. The van der Waals surface area contributed by atoms with Gasteiger partial charge in [0.15, 0.2) is 0 Å². The summed E-state index contributed by atoms with van der Waals surface area (Å²) in [6, 6.07) is 17.5. The molecule has 7 heteroatoms. The van der Waals surface area contributed by atoms with Crippen LogP contribution in [0.2, 0.25) is 0 Å². The number of pyridine rings is 1. The third kappa shape index (κ3) is 4.31. The quantitative estimate of drug-likeness (QED) is 0.688. The van der Waals surface area contributed by atoms with Crippen molar-refractivity contribution in [3.8, 4) is 5.75 Å². The van der Waals surface area contributed by atoms with E-state index in [9.17, 15) is 8.42 Å². The Morgan fingerprint density at radius 1 is 0.962 bits per heavy atom. The summed E-state index contributed by atoms with van der Waals surface area (Å²) in [4.78, 5) is 4.46. The molecule has 0 aliphatic heterocycles. The Morgan fingerprint density at radius 2 is 1.77 bits per heavy atom. The summed E-state index contributed by atoms with van der Waals surface area (Å²) in [6.45, 7) is 1.85. The number of aromatic nitrogens is 1.